The van der Waals surface area contributed by atoms with Gasteiger partial charge < -0.3 is 15.4 Å². The van der Waals surface area contributed by atoms with E-state index in [1.165, 1.54) is 18.4 Å². The molecule has 0 spiro atoms. The van der Waals surface area contributed by atoms with E-state index in [-0.39, 0.29) is 5.97 Å². The Labute approximate surface area is 101 Å². The molecule has 0 aromatic heterocycles. The number of hydrogen-bond donors (Lipinski definition) is 1. The molecule has 17 heavy (non-hydrogen) atoms. The van der Waals surface area contributed by atoms with Crippen LogP contribution in [0.1, 0.15) is 12.5 Å². The number of anilines is 1. The number of rotatable bonds is 3. The lowest BCUT2D eigenvalue weighted by atomic mass is 10.1. The molecule has 1 aromatic carbocycles. The molecule has 2 rings (SSSR count). The van der Waals surface area contributed by atoms with Gasteiger partial charge in [0.2, 0.25) is 0 Å². The van der Waals surface area contributed by atoms with Gasteiger partial charge in [0.05, 0.1) is 7.11 Å². The number of fused-ring (bicyclic) bond motifs is 1. The predicted molar refractivity (Wildman–Crippen MR) is 66.9 cm³/mol. The summed E-state index contributed by atoms with van der Waals surface area (Å²) in [5, 5.41) is 0. The topological polar surface area (TPSA) is 55.6 Å². The summed E-state index contributed by atoms with van der Waals surface area (Å²) in [5.41, 5.74) is 8.31. The first-order chi connectivity index (χ1) is 8.13. The fraction of sp³-hybridized carbons (Fsp3) is 0.462. The van der Waals surface area contributed by atoms with E-state index in [0.29, 0.717) is 12.6 Å². The van der Waals surface area contributed by atoms with Crippen molar-refractivity contribution in [1.82, 2.24) is 0 Å². The Morgan fingerprint density at radius 3 is 3.00 bits per heavy atom. The monoisotopic (exact) mass is 234 g/mol. The molecule has 1 heterocycles. The first kappa shape index (κ1) is 11.9. The summed E-state index contributed by atoms with van der Waals surface area (Å²) < 4.78 is 4.65. The van der Waals surface area contributed by atoms with Gasteiger partial charge in [0, 0.05) is 18.3 Å². The van der Waals surface area contributed by atoms with Crippen LogP contribution < -0.4 is 10.6 Å². The highest BCUT2D eigenvalue weighted by atomic mass is 16.5. The molecule has 1 aliphatic rings. The van der Waals surface area contributed by atoms with Crippen molar-refractivity contribution in [3.05, 3.63) is 29.8 Å². The van der Waals surface area contributed by atoms with E-state index in [9.17, 15) is 4.79 Å². The summed E-state index contributed by atoms with van der Waals surface area (Å²) in [5.74, 6) is -0.360. The van der Waals surface area contributed by atoms with E-state index < -0.39 is 6.04 Å². The summed E-state index contributed by atoms with van der Waals surface area (Å²) in [7, 11) is 1.36. The normalized spacial score (nSPS) is 19.9. The van der Waals surface area contributed by atoms with Gasteiger partial charge in [0.15, 0.2) is 0 Å². The molecule has 0 aliphatic carbocycles. The molecule has 0 radical (unpaired) electrons. The molecule has 1 aliphatic heterocycles. The summed E-state index contributed by atoms with van der Waals surface area (Å²) in [6.45, 7) is 2.65. The minimum atomic E-state index is -0.589. The summed E-state index contributed by atoms with van der Waals surface area (Å²) in [6.07, 6.45) is 1.00. The van der Waals surface area contributed by atoms with Crippen molar-refractivity contribution in [2.75, 3.05) is 18.6 Å². The van der Waals surface area contributed by atoms with Crippen molar-refractivity contribution >= 4 is 11.7 Å². The number of methoxy groups -OCH3 is 1. The van der Waals surface area contributed by atoms with Gasteiger partial charge in [-0.2, -0.15) is 0 Å². The molecule has 92 valence electrons. The van der Waals surface area contributed by atoms with Gasteiger partial charge >= 0.3 is 5.97 Å². The Hall–Kier alpha value is -1.55. The molecule has 2 atom stereocenters. The molecule has 0 amide bonds. The van der Waals surface area contributed by atoms with Gasteiger partial charge in [0.1, 0.15) is 6.04 Å². The smallest absolute Gasteiger partial charge is 0.324 e. The summed E-state index contributed by atoms with van der Waals surface area (Å²) >= 11 is 0. The zero-order valence-corrected chi connectivity index (χ0v) is 10.2. The molecule has 0 fully saturated rings. The number of esters is 1. The van der Waals surface area contributed by atoms with Crippen LogP contribution in [0.25, 0.3) is 0 Å². The van der Waals surface area contributed by atoms with Crippen LogP contribution in [0.15, 0.2) is 24.3 Å². The predicted octanol–water partition coefficient (Wildman–Crippen LogP) is 0.938. The third-order valence-electron chi connectivity index (χ3n) is 3.25. The zero-order valence-electron chi connectivity index (χ0n) is 10.2. The largest absolute Gasteiger partial charge is 0.468 e. The highest BCUT2D eigenvalue weighted by Crippen LogP contribution is 2.31. The maximum absolute atomic E-state index is 11.3. The third kappa shape index (κ3) is 2.26. The van der Waals surface area contributed by atoms with Crippen LogP contribution in [0.2, 0.25) is 0 Å². The van der Waals surface area contributed by atoms with Gasteiger partial charge in [-0.1, -0.05) is 18.2 Å². The van der Waals surface area contributed by atoms with E-state index >= 15 is 0 Å². The van der Waals surface area contributed by atoms with Gasteiger partial charge in [-0.15, -0.1) is 0 Å². The quantitative estimate of drug-likeness (QED) is 0.791. The fourth-order valence-electron chi connectivity index (χ4n) is 2.35. The first-order valence-corrected chi connectivity index (χ1v) is 5.81. The number of nitrogens with two attached hydrogens (primary N) is 1. The highest BCUT2D eigenvalue weighted by molar-refractivity contribution is 5.76. The van der Waals surface area contributed by atoms with E-state index in [1.54, 1.807) is 0 Å². The molecule has 4 heteroatoms. The lowest BCUT2D eigenvalue weighted by molar-refractivity contribution is -0.141. The van der Waals surface area contributed by atoms with Crippen LogP contribution in [0.4, 0.5) is 5.69 Å². The SMILES string of the molecule is COC(=O)C(N)CN1c2ccccc2CC1C. The second kappa shape index (κ2) is 4.75. The van der Waals surface area contributed by atoms with Crippen LogP contribution >= 0.6 is 0 Å². The number of hydrogen-bond acceptors (Lipinski definition) is 4. The van der Waals surface area contributed by atoms with Crippen molar-refractivity contribution in [2.24, 2.45) is 5.73 Å². The van der Waals surface area contributed by atoms with E-state index in [4.69, 9.17) is 5.73 Å². The van der Waals surface area contributed by atoms with E-state index in [2.05, 4.69) is 28.7 Å². The van der Waals surface area contributed by atoms with Crippen molar-refractivity contribution < 1.29 is 9.53 Å². The minimum Gasteiger partial charge on any atom is -0.468 e. The molecular formula is C13H18N2O2. The minimum absolute atomic E-state index is 0.360. The Bertz CT molecular complexity index is 420. The molecule has 2 unspecified atom stereocenters. The molecule has 1 aromatic rings. The van der Waals surface area contributed by atoms with Gasteiger partial charge in [-0.25, -0.2) is 0 Å². The number of carbonyl (C=O) groups excluding carboxylic acids is 1. The number of nitrogens with zero attached hydrogens (tertiary/aromatic N) is 1. The number of carbonyl (C=O) groups is 1. The molecule has 2 N–H and O–H groups in total. The molecule has 0 bridgehead atoms. The van der Waals surface area contributed by atoms with Crippen LogP contribution in [0.5, 0.6) is 0 Å². The summed E-state index contributed by atoms with van der Waals surface area (Å²) in [4.78, 5) is 13.5. The average molecular weight is 234 g/mol. The number of benzene rings is 1. The Balaban J connectivity index is 2.14. The van der Waals surface area contributed by atoms with Gasteiger partial charge in [0.25, 0.3) is 0 Å². The van der Waals surface area contributed by atoms with Crippen LogP contribution in [0, 0.1) is 0 Å². The zero-order chi connectivity index (χ0) is 12.4. The standard InChI is InChI=1S/C13H18N2O2/c1-9-7-10-5-3-4-6-12(10)15(9)8-11(14)13(16)17-2/h3-6,9,11H,7-8,14H2,1-2H3. The molecule has 0 saturated carbocycles. The maximum atomic E-state index is 11.3. The van der Waals surface area contributed by atoms with E-state index in [0.717, 1.165) is 6.42 Å². The number of para-hydroxylation sites is 1. The van der Waals surface area contributed by atoms with Gasteiger partial charge in [-0.05, 0) is 25.0 Å². The Morgan fingerprint density at radius 1 is 1.59 bits per heavy atom. The van der Waals surface area contributed by atoms with Crippen molar-refractivity contribution in [3.8, 4) is 0 Å². The molecular weight excluding hydrogens is 216 g/mol. The molecule has 4 nitrogen and oxygen atoms in total. The average Bonchev–Trinajstić information content (AvgIpc) is 2.65. The van der Waals surface area contributed by atoms with E-state index in [1.807, 2.05) is 12.1 Å². The van der Waals surface area contributed by atoms with Crippen LogP contribution in [0.3, 0.4) is 0 Å². The molecule has 0 saturated heterocycles. The summed E-state index contributed by atoms with van der Waals surface area (Å²) in [6, 6.07) is 8.03. The van der Waals surface area contributed by atoms with Crippen molar-refractivity contribution in [1.29, 1.82) is 0 Å². The lowest BCUT2D eigenvalue weighted by Gasteiger charge is -2.27. The second-order valence-corrected chi connectivity index (χ2v) is 4.46. The van der Waals surface area contributed by atoms with Crippen LogP contribution in [-0.2, 0) is 16.0 Å². The van der Waals surface area contributed by atoms with Crippen molar-refractivity contribution in [2.45, 2.75) is 25.4 Å². The fourth-order valence-corrected chi connectivity index (χ4v) is 2.35. The van der Waals surface area contributed by atoms with Gasteiger partial charge in [-0.3, -0.25) is 4.79 Å². The second-order valence-electron chi connectivity index (χ2n) is 4.46. The maximum Gasteiger partial charge on any atom is 0.324 e. The number of ether oxygens (including phenoxy) is 1. The highest BCUT2D eigenvalue weighted by Gasteiger charge is 2.28. The Morgan fingerprint density at radius 2 is 2.29 bits per heavy atom. The first-order valence-electron chi connectivity index (χ1n) is 5.81. The third-order valence-corrected chi connectivity index (χ3v) is 3.25. The van der Waals surface area contributed by atoms with Crippen molar-refractivity contribution in [3.63, 3.8) is 0 Å². The lowest BCUT2D eigenvalue weighted by Crippen LogP contribution is -2.45. The van der Waals surface area contributed by atoms with Crippen LogP contribution in [-0.4, -0.2) is 31.7 Å². The Kier molecular flexibility index (Phi) is 3.33.